The third-order valence-electron chi connectivity index (χ3n) is 1.57. The van der Waals surface area contributed by atoms with Crippen molar-refractivity contribution in [3.05, 3.63) is 48.4 Å². The molecule has 1 aromatic carbocycles. The second kappa shape index (κ2) is 3.49. The van der Waals surface area contributed by atoms with Crippen LogP contribution in [0.15, 0.2) is 34.9 Å². The molecular formula is C10H5F2O2. The molecule has 0 spiro atoms. The molecule has 0 aliphatic heterocycles. The second-order valence-electron chi connectivity index (χ2n) is 2.58. The molecule has 0 aliphatic rings. The Morgan fingerprint density at radius 3 is 2.86 bits per heavy atom. The number of benzene rings is 1. The topological polar surface area (TPSA) is 22.4 Å². The number of furan rings is 1. The van der Waals surface area contributed by atoms with E-state index in [1.807, 2.05) is 0 Å². The molecule has 0 bridgehead atoms. The number of ether oxygens (including phenoxy) is 1. The molecule has 0 amide bonds. The smallest absolute Gasteiger partial charge is 0.173 e. The highest BCUT2D eigenvalue weighted by atomic mass is 19.1. The zero-order valence-electron chi connectivity index (χ0n) is 6.96. The van der Waals surface area contributed by atoms with Gasteiger partial charge in [0.05, 0.1) is 0 Å². The maximum Gasteiger partial charge on any atom is 0.173 e. The molecule has 2 nitrogen and oxygen atoms in total. The van der Waals surface area contributed by atoms with E-state index in [2.05, 4.69) is 10.7 Å². The highest BCUT2D eigenvalue weighted by Crippen LogP contribution is 2.24. The van der Waals surface area contributed by atoms with Gasteiger partial charge in [-0.25, -0.2) is 8.78 Å². The van der Waals surface area contributed by atoms with Gasteiger partial charge in [0.2, 0.25) is 0 Å². The average Bonchev–Trinajstić information content (AvgIpc) is 2.64. The van der Waals surface area contributed by atoms with Gasteiger partial charge in [0.1, 0.15) is 12.1 Å². The summed E-state index contributed by atoms with van der Waals surface area (Å²) in [7, 11) is 0. The van der Waals surface area contributed by atoms with Crippen LogP contribution in [0.5, 0.6) is 11.5 Å². The minimum atomic E-state index is -0.632. The van der Waals surface area contributed by atoms with Gasteiger partial charge in [-0.15, -0.1) is 0 Å². The first kappa shape index (κ1) is 8.74. The summed E-state index contributed by atoms with van der Waals surface area (Å²) in [5.74, 6) is -1.10. The van der Waals surface area contributed by atoms with Crippen LogP contribution < -0.4 is 4.74 Å². The Kier molecular flexibility index (Phi) is 2.18. The van der Waals surface area contributed by atoms with E-state index in [1.54, 1.807) is 0 Å². The molecule has 4 heteroatoms. The van der Waals surface area contributed by atoms with Crippen LogP contribution in [-0.2, 0) is 0 Å². The highest BCUT2D eigenvalue weighted by molar-refractivity contribution is 5.30. The maximum absolute atomic E-state index is 13.0. The lowest BCUT2D eigenvalue weighted by molar-refractivity contribution is 0.428. The Morgan fingerprint density at radius 1 is 1.29 bits per heavy atom. The van der Waals surface area contributed by atoms with Gasteiger partial charge in [-0.1, -0.05) is 0 Å². The maximum atomic E-state index is 13.0. The van der Waals surface area contributed by atoms with E-state index in [0.717, 1.165) is 18.2 Å². The number of rotatable bonds is 2. The molecule has 1 heterocycles. The fourth-order valence-electron chi connectivity index (χ4n) is 0.954. The standard InChI is InChI=1S/C10H5F2O2/c11-7-1-2-9(12)10(5-7)14-8-3-4-13-6-8/h1-3,5-6H. The van der Waals surface area contributed by atoms with Crippen molar-refractivity contribution in [1.29, 1.82) is 0 Å². The van der Waals surface area contributed by atoms with Crippen LogP contribution in [0.4, 0.5) is 8.78 Å². The predicted molar refractivity (Wildman–Crippen MR) is 44.0 cm³/mol. The number of halogens is 2. The molecule has 0 saturated heterocycles. The van der Waals surface area contributed by atoms with Crippen LogP contribution in [-0.4, -0.2) is 0 Å². The molecule has 0 atom stereocenters. The Bertz CT molecular complexity index is 424. The van der Waals surface area contributed by atoms with Crippen molar-refractivity contribution in [2.45, 2.75) is 0 Å². The third kappa shape index (κ3) is 1.74. The Labute approximate surface area is 78.7 Å². The van der Waals surface area contributed by atoms with Gasteiger partial charge in [0, 0.05) is 12.1 Å². The Balaban J connectivity index is 2.28. The van der Waals surface area contributed by atoms with E-state index in [1.165, 1.54) is 12.3 Å². The first-order chi connectivity index (χ1) is 6.75. The summed E-state index contributed by atoms with van der Waals surface area (Å²) in [5, 5.41) is 0. The van der Waals surface area contributed by atoms with Gasteiger partial charge >= 0.3 is 0 Å². The first-order valence-corrected chi connectivity index (χ1v) is 3.83. The largest absolute Gasteiger partial charge is 0.457 e. The lowest BCUT2D eigenvalue weighted by atomic mass is 10.3. The average molecular weight is 195 g/mol. The SMILES string of the molecule is Fc1ccc(F)c(Oc2c[c]oc2)c1. The van der Waals surface area contributed by atoms with Crippen LogP contribution in [0.3, 0.4) is 0 Å². The summed E-state index contributed by atoms with van der Waals surface area (Å²) in [6.45, 7) is 0. The van der Waals surface area contributed by atoms with Crippen LogP contribution in [0.1, 0.15) is 0 Å². The van der Waals surface area contributed by atoms with Gasteiger partial charge < -0.3 is 9.15 Å². The molecule has 0 fully saturated rings. The van der Waals surface area contributed by atoms with E-state index < -0.39 is 11.6 Å². The van der Waals surface area contributed by atoms with Crippen molar-refractivity contribution in [3.8, 4) is 11.5 Å². The van der Waals surface area contributed by atoms with Crippen molar-refractivity contribution in [2.75, 3.05) is 0 Å². The van der Waals surface area contributed by atoms with Gasteiger partial charge in [-0.2, -0.15) is 0 Å². The quantitative estimate of drug-likeness (QED) is 0.734. The predicted octanol–water partition coefficient (Wildman–Crippen LogP) is 3.15. The molecule has 0 saturated carbocycles. The molecule has 1 aromatic heterocycles. The van der Waals surface area contributed by atoms with E-state index in [-0.39, 0.29) is 11.5 Å². The Morgan fingerprint density at radius 2 is 2.14 bits per heavy atom. The van der Waals surface area contributed by atoms with Gasteiger partial charge in [0.15, 0.2) is 23.6 Å². The molecule has 0 N–H and O–H groups in total. The molecular weight excluding hydrogens is 190 g/mol. The van der Waals surface area contributed by atoms with Crippen LogP contribution in [0.2, 0.25) is 0 Å². The first-order valence-electron chi connectivity index (χ1n) is 3.83. The molecule has 0 unspecified atom stereocenters. The van der Waals surface area contributed by atoms with Crippen molar-refractivity contribution >= 4 is 0 Å². The van der Waals surface area contributed by atoms with Crippen molar-refractivity contribution in [1.82, 2.24) is 0 Å². The molecule has 14 heavy (non-hydrogen) atoms. The third-order valence-corrected chi connectivity index (χ3v) is 1.57. The number of hydrogen-bond acceptors (Lipinski definition) is 2. The van der Waals surface area contributed by atoms with E-state index in [9.17, 15) is 8.78 Å². The van der Waals surface area contributed by atoms with Crippen LogP contribution >= 0.6 is 0 Å². The van der Waals surface area contributed by atoms with E-state index in [0.29, 0.717) is 0 Å². The summed E-state index contributed by atoms with van der Waals surface area (Å²) >= 11 is 0. The summed E-state index contributed by atoms with van der Waals surface area (Å²) < 4.78 is 35.3. The van der Waals surface area contributed by atoms with Gasteiger partial charge in [-0.3, -0.25) is 0 Å². The fourth-order valence-corrected chi connectivity index (χ4v) is 0.954. The molecule has 71 valence electrons. The van der Waals surface area contributed by atoms with E-state index >= 15 is 0 Å². The summed E-state index contributed by atoms with van der Waals surface area (Å²) in [5.41, 5.74) is 0. The zero-order chi connectivity index (χ0) is 9.97. The monoisotopic (exact) mass is 195 g/mol. The number of hydrogen-bond donors (Lipinski definition) is 0. The highest BCUT2D eigenvalue weighted by Gasteiger charge is 2.06. The second-order valence-corrected chi connectivity index (χ2v) is 2.58. The minimum Gasteiger partial charge on any atom is -0.457 e. The molecule has 2 rings (SSSR count). The normalized spacial score (nSPS) is 10.1. The van der Waals surface area contributed by atoms with Crippen molar-refractivity contribution in [2.24, 2.45) is 0 Å². The summed E-state index contributed by atoms with van der Waals surface area (Å²) in [6.07, 6.45) is 3.61. The lowest BCUT2D eigenvalue weighted by Crippen LogP contribution is -1.87. The minimum absolute atomic E-state index is 0.181. The Hall–Kier alpha value is -1.84. The summed E-state index contributed by atoms with van der Waals surface area (Å²) in [6, 6.07) is 4.35. The summed E-state index contributed by atoms with van der Waals surface area (Å²) in [4.78, 5) is 0. The molecule has 1 radical (unpaired) electrons. The zero-order valence-corrected chi connectivity index (χ0v) is 6.96. The fraction of sp³-hybridized carbons (Fsp3) is 0. The van der Waals surface area contributed by atoms with Crippen molar-refractivity contribution < 1.29 is 17.9 Å². The lowest BCUT2D eigenvalue weighted by Gasteiger charge is -2.03. The van der Waals surface area contributed by atoms with E-state index in [4.69, 9.17) is 4.74 Å². The molecule has 0 aliphatic carbocycles. The van der Waals surface area contributed by atoms with Crippen molar-refractivity contribution in [3.63, 3.8) is 0 Å². The van der Waals surface area contributed by atoms with Crippen LogP contribution in [0.25, 0.3) is 0 Å². The molecule has 2 aromatic rings. The van der Waals surface area contributed by atoms with Gasteiger partial charge in [0.25, 0.3) is 0 Å². The van der Waals surface area contributed by atoms with Crippen LogP contribution in [0, 0.1) is 17.9 Å². The van der Waals surface area contributed by atoms with Gasteiger partial charge in [-0.05, 0) is 12.1 Å².